The molecule has 6 rings (SSSR count). The van der Waals surface area contributed by atoms with Crippen molar-refractivity contribution in [1.82, 2.24) is 14.8 Å². The van der Waals surface area contributed by atoms with E-state index in [4.69, 9.17) is 20.3 Å². The largest absolute Gasteiger partial charge is 0.487 e. The molecule has 0 saturated heterocycles. The van der Waals surface area contributed by atoms with Crippen molar-refractivity contribution >= 4 is 33.5 Å². The molecule has 1 aliphatic carbocycles. The van der Waals surface area contributed by atoms with Crippen molar-refractivity contribution in [3.05, 3.63) is 83.7 Å². The molecule has 3 aromatic carbocycles. The molecule has 0 aliphatic heterocycles. The normalized spacial score (nSPS) is 14.0. The second kappa shape index (κ2) is 11.6. The van der Waals surface area contributed by atoms with Crippen LogP contribution >= 0.6 is 0 Å². The topological polar surface area (TPSA) is 92.3 Å². The zero-order valence-electron chi connectivity index (χ0n) is 23.7. The Morgan fingerprint density at radius 3 is 2.56 bits per heavy atom. The van der Waals surface area contributed by atoms with Crippen molar-refractivity contribution in [2.45, 2.75) is 65.0 Å². The second-order valence-electron chi connectivity index (χ2n) is 10.9. The molecule has 0 amide bonds. The third kappa shape index (κ3) is 5.62. The number of aromatic nitrogens is 3. The van der Waals surface area contributed by atoms with Gasteiger partial charge < -0.3 is 15.2 Å². The number of benzene rings is 3. The maximum atomic E-state index is 12.3. The van der Waals surface area contributed by atoms with Crippen LogP contribution in [0.2, 0.25) is 0 Å². The molecule has 1 fully saturated rings. The lowest BCUT2D eigenvalue weighted by molar-refractivity contribution is -0.142. The number of hydrogen-bond acceptors (Lipinski definition) is 6. The van der Waals surface area contributed by atoms with Gasteiger partial charge in [-0.2, -0.15) is 5.10 Å². The Bertz CT molecular complexity index is 1720. The van der Waals surface area contributed by atoms with Gasteiger partial charge in [-0.25, -0.2) is 4.98 Å². The predicted octanol–water partition coefficient (Wildman–Crippen LogP) is 7.33. The number of nitrogen functional groups attached to an aromatic ring is 1. The number of nitrogens with two attached hydrogens (primary N) is 1. The van der Waals surface area contributed by atoms with Gasteiger partial charge >= 0.3 is 5.97 Å². The molecule has 0 radical (unpaired) electrons. The number of nitrogens with zero attached hydrogens (tertiary/aromatic N) is 3. The van der Waals surface area contributed by atoms with Gasteiger partial charge in [-0.3, -0.25) is 9.48 Å². The summed E-state index contributed by atoms with van der Waals surface area (Å²) >= 11 is 0. The van der Waals surface area contributed by atoms with Crippen LogP contribution in [0.25, 0.3) is 32.8 Å². The first-order valence-corrected chi connectivity index (χ1v) is 14.5. The number of carbonyl (C=O) groups is 1. The second-order valence-corrected chi connectivity index (χ2v) is 10.9. The molecule has 5 aromatic rings. The van der Waals surface area contributed by atoms with Crippen LogP contribution in [0, 0.1) is 6.92 Å². The molecule has 1 saturated carbocycles. The van der Waals surface area contributed by atoms with Crippen molar-refractivity contribution in [2.24, 2.45) is 0 Å². The zero-order valence-corrected chi connectivity index (χ0v) is 23.7. The number of fused-ring (bicyclic) bond motifs is 2. The number of ether oxygens (including phenoxy) is 2. The maximum Gasteiger partial charge on any atom is 0.310 e. The summed E-state index contributed by atoms with van der Waals surface area (Å²) < 4.78 is 13.9. The minimum absolute atomic E-state index is 0.177. The van der Waals surface area contributed by atoms with Gasteiger partial charge in [-0.1, -0.05) is 49.6 Å². The first kappa shape index (κ1) is 26.8. The lowest BCUT2D eigenvalue weighted by atomic mass is 9.95. The summed E-state index contributed by atoms with van der Waals surface area (Å²) in [5.41, 5.74) is 12.3. The van der Waals surface area contributed by atoms with Gasteiger partial charge in [0, 0.05) is 22.5 Å². The van der Waals surface area contributed by atoms with E-state index in [2.05, 4.69) is 46.1 Å². The molecule has 0 spiro atoms. The molecule has 7 nitrogen and oxygen atoms in total. The molecule has 0 bridgehead atoms. The van der Waals surface area contributed by atoms with Crippen LogP contribution in [0.4, 0.5) is 5.82 Å². The van der Waals surface area contributed by atoms with E-state index in [1.54, 1.807) is 6.20 Å². The molecule has 7 heteroatoms. The summed E-state index contributed by atoms with van der Waals surface area (Å²) in [4.78, 5) is 16.6. The van der Waals surface area contributed by atoms with E-state index in [0.29, 0.717) is 30.8 Å². The first-order chi connectivity index (χ1) is 20.0. The van der Waals surface area contributed by atoms with Crippen molar-refractivity contribution in [1.29, 1.82) is 0 Å². The number of carbonyl (C=O) groups excluding carboxylic acids is 1. The van der Waals surface area contributed by atoms with Gasteiger partial charge in [0.25, 0.3) is 0 Å². The van der Waals surface area contributed by atoms with Crippen LogP contribution in [-0.4, -0.2) is 27.3 Å². The van der Waals surface area contributed by atoms with Crippen molar-refractivity contribution in [3.63, 3.8) is 0 Å². The lowest BCUT2D eigenvalue weighted by Crippen LogP contribution is -2.18. The van der Waals surface area contributed by atoms with E-state index < -0.39 is 0 Å². The number of esters is 1. The van der Waals surface area contributed by atoms with E-state index in [1.807, 2.05) is 38.1 Å². The van der Waals surface area contributed by atoms with Crippen LogP contribution in [0.1, 0.15) is 61.9 Å². The van der Waals surface area contributed by atoms with Gasteiger partial charge in [-0.05, 0) is 79.1 Å². The number of anilines is 1. The molecular formula is C34H36N4O3. The SMILES string of the molecule is CCOC(=O)Cc1ccc(C)cc1OCc1c2cc(-c3ccc4ccnc(N)c4c3)ccc2nn1C1CCCCC1. The Morgan fingerprint density at radius 2 is 1.76 bits per heavy atom. The van der Waals surface area contributed by atoms with Crippen molar-refractivity contribution in [3.8, 4) is 16.9 Å². The highest BCUT2D eigenvalue weighted by Crippen LogP contribution is 2.35. The van der Waals surface area contributed by atoms with Gasteiger partial charge in [0.15, 0.2) is 0 Å². The summed E-state index contributed by atoms with van der Waals surface area (Å²) in [6.45, 7) is 4.56. The summed E-state index contributed by atoms with van der Waals surface area (Å²) in [7, 11) is 0. The minimum atomic E-state index is -0.255. The van der Waals surface area contributed by atoms with Crippen LogP contribution in [0.3, 0.4) is 0 Å². The molecular weight excluding hydrogens is 512 g/mol. The fraction of sp³-hybridized carbons (Fsp3) is 0.324. The number of hydrogen-bond donors (Lipinski definition) is 1. The fourth-order valence-electron chi connectivity index (χ4n) is 5.93. The van der Waals surface area contributed by atoms with Gasteiger partial charge in [0.2, 0.25) is 0 Å². The highest BCUT2D eigenvalue weighted by Gasteiger charge is 2.23. The van der Waals surface area contributed by atoms with Crippen molar-refractivity contribution < 1.29 is 14.3 Å². The Kier molecular flexibility index (Phi) is 7.59. The molecule has 41 heavy (non-hydrogen) atoms. The number of pyridine rings is 1. The van der Waals surface area contributed by atoms with Crippen LogP contribution in [0.5, 0.6) is 5.75 Å². The maximum absolute atomic E-state index is 12.3. The van der Waals surface area contributed by atoms with Crippen LogP contribution in [-0.2, 0) is 22.6 Å². The van der Waals surface area contributed by atoms with Gasteiger partial charge in [-0.15, -0.1) is 0 Å². The molecule has 2 N–H and O–H groups in total. The standard InChI is InChI=1S/C34H36N4O3/c1-3-40-33(39)20-26-10-9-22(2)17-32(26)41-21-31-29-19-25(24-12-11-23-15-16-36-34(35)28(23)18-24)13-14-30(29)37-38(31)27-7-5-4-6-8-27/h9-19,27H,3-8,20-21H2,1-2H3,(H2,35,36). The van der Waals surface area contributed by atoms with Crippen molar-refractivity contribution in [2.75, 3.05) is 12.3 Å². The summed E-state index contributed by atoms with van der Waals surface area (Å²) in [5.74, 6) is 0.979. The molecule has 0 unspecified atom stereocenters. The quantitative estimate of drug-likeness (QED) is 0.204. The molecule has 2 aromatic heterocycles. The average Bonchev–Trinajstić information content (AvgIpc) is 3.35. The monoisotopic (exact) mass is 548 g/mol. The first-order valence-electron chi connectivity index (χ1n) is 14.5. The van der Waals surface area contributed by atoms with E-state index in [9.17, 15) is 4.79 Å². The molecule has 0 atom stereocenters. The van der Waals surface area contributed by atoms with E-state index in [0.717, 1.165) is 62.5 Å². The van der Waals surface area contributed by atoms with E-state index in [-0.39, 0.29) is 12.4 Å². The van der Waals surface area contributed by atoms with Gasteiger partial charge in [0.05, 0.1) is 30.3 Å². The van der Waals surface area contributed by atoms with Gasteiger partial charge in [0.1, 0.15) is 18.2 Å². The third-order valence-electron chi connectivity index (χ3n) is 8.08. The predicted molar refractivity (Wildman–Crippen MR) is 163 cm³/mol. The zero-order chi connectivity index (χ0) is 28.3. The fourth-order valence-corrected chi connectivity index (χ4v) is 5.93. The molecule has 1 aliphatic rings. The summed E-state index contributed by atoms with van der Waals surface area (Å²) in [6.07, 6.45) is 7.83. The van der Waals surface area contributed by atoms with Crippen LogP contribution < -0.4 is 10.5 Å². The minimum Gasteiger partial charge on any atom is -0.487 e. The Morgan fingerprint density at radius 1 is 0.976 bits per heavy atom. The Labute approximate surface area is 240 Å². The Hall–Kier alpha value is -4.39. The number of rotatable bonds is 8. The summed E-state index contributed by atoms with van der Waals surface area (Å²) in [5, 5.41) is 8.18. The third-order valence-corrected chi connectivity index (χ3v) is 8.08. The summed E-state index contributed by atoms with van der Waals surface area (Å²) in [6, 6.07) is 21.0. The van der Waals surface area contributed by atoms with Crippen LogP contribution in [0.15, 0.2) is 66.9 Å². The highest BCUT2D eigenvalue weighted by molar-refractivity contribution is 5.95. The average molecular weight is 549 g/mol. The van der Waals surface area contributed by atoms with E-state index in [1.165, 1.54) is 19.3 Å². The smallest absolute Gasteiger partial charge is 0.310 e. The number of aryl methyl sites for hydroxylation is 1. The molecule has 2 heterocycles. The highest BCUT2D eigenvalue weighted by atomic mass is 16.5. The lowest BCUT2D eigenvalue weighted by Gasteiger charge is -2.24. The molecule has 210 valence electrons. The Balaban J connectivity index is 1.39. The van der Waals surface area contributed by atoms with E-state index >= 15 is 0 Å².